The molecule has 0 spiro atoms. The van der Waals surface area contributed by atoms with Crippen LogP contribution in [0.5, 0.6) is 0 Å². The van der Waals surface area contributed by atoms with Crippen LogP contribution in [0, 0.1) is 6.92 Å². The molecule has 5 nitrogen and oxygen atoms in total. The first-order valence-electron chi connectivity index (χ1n) is 7.90. The molecule has 0 N–H and O–H groups in total. The number of methoxy groups -OCH3 is 1. The van der Waals surface area contributed by atoms with Crippen molar-refractivity contribution >= 4 is 34.4 Å². The van der Waals surface area contributed by atoms with Gasteiger partial charge in [0.25, 0.3) is 0 Å². The number of esters is 2. The Kier molecular flexibility index (Phi) is 5.19. The molecule has 1 heterocycles. The van der Waals surface area contributed by atoms with Crippen molar-refractivity contribution in [3.05, 3.63) is 76.4 Å². The highest BCUT2D eigenvalue weighted by Crippen LogP contribution is 2.24. The molecule has 2 aromatic carbocycles. The normalized spacial score (nSPS) is 11.8. The first kappa shape index (κ1) is 17.9. The number of nitrogens with zero attached hydrogens (tertiary/aromatic N) is 1. The Morgan fingerprint density at radius 2 is 1.81 bits per heavy atom. The third-order valence-electron chi connectivity index (χ3n) is 3.93. The molecule has 0 saturated carbocycles. The van der Waals surface area contributed by atoms with Crippen molar-refractivity contribution in [2.75, 3.05) is 7.11 Å². The highest BCUT2D eigenvalue weighted by Gasteiger charge is 2.27. The molecule has 26 heavy (non-hydrogen) atoms. The molecule has 0 radical (unpaired) electrons. The fourth-order valence-corrected chi connectivity index (χ4v) is 2.79. The lowest BCUT2D eigenvalue weighted by Gasteiger charge is -2.17. The summed E-state index contributed by atoms with van der Waals surface area (Å²) in [4.78, 5) is 29.2. The molecule has 0 bridgehead atoms. The number of hydrogen-bond donors (Lipinski definition) is 0. The number of ether oxygens (including phenoxy) is 2. The van der Waals surface area contributed by atoms with Crippen molar-refractivity contribution in [3.63, 3.8) is 0 Å². The van der Waals surface area contributed by atoms with E-state index in [1.54, 1.807) is 61.5 Å². The maximum absolute atomic E-state index is 12.7. The Balaban J connectivity index is 1.96. The third kappa shape index (κ3) is 3.68. The van der Waals surface area contributed by atoms with Crippen LogP contribution in [0.4, 0.5) is 0 Å². The highest BCUT2D eigenvalue weighted by atomic mass is 35.5. The van der Waals surface area contributed by atoms with Gasteiger partial charge in [0.1, 0.15) is 0 Å². The number of aryl methyl sites for hydroxylation is 1. The quantitative estimate of drug-likeness (QED) is 0.642. The number of pyridine rings is 1. The smallest absolute Gasteiger partial charge is 0.351 e. The molecule has 1 unspecified atom stereocenters. The molecular formula is C20H16ClNO4. The Morgan fingerprint density at radius 1 is 1.08 bits per heavy atom. The molecule has 0 amide bonds. The molecule has 0 fully saturated rings. The van der Waals surface area contributed by atoms with Gasteiger partial charge in [-0.25, -0.2) is 9.59 Å². The van der Waals surface area contributed by atoms with E-state index in [0.717, 1.165) is 5.52 Å². The Bertz CT molecular complexity index is 972. The lowest BCUT2D eigenvalue weighted by atomic mass is 10.1. The summed E-state index contributed by atoms with van der Waals surface area (Å²) in [6, 6.07) is 15.6. The third-order valence-corrected chi connectivity index (χ3v) is 4.16. The van der Waals surface area contributed by atoms with Crippen LogP contribution in [0.3, 0.4) is 0 Å². The second-order valence-corrected chi connectivity index (χ2v) is 6.11. The summed E-state index contributed by atoms with van der Waals surface area (Å²) in [5, 5.41) is 1.25. The van der Waals surface area contributed by atoms with Crippen LogP contribution in [0.1, 0.15) is 27.7 Å². The molecule has 0 aliphatic carbocycles. The van der Waals surface area contributed by atoms with Crippen LogP contribution in [-0.2, 0) is 14.3 Å². The average Bonchev–Trinajstić information content (AvgIpc) is 2.65. The zero-order chi connectivity index (χ0) is 18.7. The Hall–Kier alpha value is -2.92. The predicted molar refractivity (Wildman–Crippen MR) is 98.1 cm³/mol. The van der Waals surface area contributed by atoms with E-state index < -0.39 is 18.0 Å². The maximum atomic E-state index is 12.7. The summed E-state index contributed by atoms with van der Waals surface area (Å²) < 4.78 is 10.2. The van der Waals surface area contributed by atoms with Crippen molar-refractivity contribution in [1.82, 2.24) is 4.98 Å². The van der Waals surface area contributed by atoms with Gasteiger partial charge in [0.15, 0.2) is 0 Å². The molecule has 6 heteroatoms. The number of benzene rings is 2. The van der Waals surface area contributed by atoms with Gasteiger partial charge in [-0.15, -0.1) is 0 Å². The first-order valence-corrected chi connectivity index (χ1v) is 8.28. The zero-order valence-corrected chi connectivity index (χ0v) is 15.0. The summed E-state index contributed by atoms with van der Waals surface area (Å²) in [6.45, 7) is 1.71. The van der Waals surface area contributed by atoms with Gasteiger partial charge in [-0.2, -0.15) is 0 Å². The maximum Gasteiger partial charge on any atom is 0.351 e. The van der Waals surface area contributed by atoms with E-state index >= 15 is 0 Å². The monoisotopic (exact) mass is 369 g/mol. The van der Waals surface area contributed by atoms with Crippen LogP contribution in [0.2, 0.25) is 5.02 Å². The van der Waals surface area contributed by atoms with E-state index in [4.69, 9.17) is 21.1 Å². The molecule has 3 rings (SSSR count). The number of rotatable bonds is 4. The van der Waals surface area contributed by atoms with Crippen LogP contribution >= 0.6 is 11.6 Å². The van der Waals surface area contributed by atoms with Crippen molar-refractivity contribution in [3.8, 4) is 0 Å². The minimum atomic E-state index is -1.15. The van der Waals surface area contributed by atoms with Crippen LogP contribution in [0.15, 0.2) is 54.6 Å². The van der Waals surface area contributed by atoms with E-state index in [1.165, 1.54) is 7.11 Å². The lowest BCUT2D eigenvalue weighted by molar-refractivity contribution is -0.151. The number of halogens is 1. The number of carbonyl (C=O) groups excluding carboxylic acids is 2. The summed E-state index contributed by atoms with van der Waals surface area (Å²) in [6.07, 6.45) is -1.15. The number of fused-ring (bicyclic) bond motifs is 1. The van der Waals surface area contributed by atoms with Gasteiger partial charge in [-0.1, -0.05) is 41.9 Å². The number of hydrogen-bond acceptors (Lipinski definition) is 5. The van der Waals surface area contributed by atoms with E-state index in [2.05, 4.69) is 4.98 Å². The van der Waals surface area contributed by atoms with Crippen molar-refractivity contribution in [2.24, 2.45) is 0 Å². The largest absolute Gasteiger partial charge is 0.466 e. The molecular weight excluding hydrogens is 354 g/mol. The van der Waals surface area contributed by atoms with E-state index in [-0.39, 0.29) is 5.56 Å². The fourth-order valence-electron chi connectivity index (χ4n) is 2.61. The summed E-state index contributed by atoms with van der Waals surface area (Å²) in [5.41, 5.74) is 2.02. The molecule has 0 aliphatic heterocycles. The molecule has 0 saturated heterocycles. The van der Waals surface area contributed by atoms with Crippen LogP contribution in [0.25, 0.3) is 10.9 Å². The second kappa shape index (κ2) is 7.54. The SMILES string of the molecule is COC(=O)C(OC(=O)c1cc2cc(Cl)ccc2nc1C)c1ccccc1. The Labute approximate surface area is 155 Å². The predicted octanol–water partition coefficient (Wildman–Crippen LogP) is 4.27. The number of aromatic nitrogens is 1. The first-order chi connectivity index (χ1) is 12.5. The van der Waals surface area contributed by atoms with Gasteiger partial charge < -0.3 is 9.47 Å². The van der Waals surface area contributed by atoms with Gasteiger partial charge in [-0.3, -0.25) is 4.98 Å². The van der Waals surface area contributed by atoms with Crippen molar-refractivity contribution < 1.29 is 19.1 Å². The molecule has 3 aromatic rings. The summed E-state index contributed by atoms with van der Waals surface area (Å²) >= 11 is 6.01. The van der Waals surface area contributed by atoms with E-state index in [9.17, 15) is 9.59 Å². The Morgan fingerprint density at radius 3 is 2.50 bits per heavy atom. The van der Waals surface area contributed by atoms with Gasteiger partial charge in [0.2, 0.25) is 6.10 Å². The van der Waals surface area contributed by atoms with Crippen LogP contribution in [-0.4, -0.2) is 24.0 Å². The zero-order valence-electron chi connectivity index (χ0n) is 14.2. The number of carbonyl (C=O) groups is 2. The molecule has 0 aliphatic rings. The summed E-state index contributed by atoms with van der Waals surface area (Å²) in [5.74, 6) is -1.31. The van der Waals surface area contributed by atoms with E-state index in [1.807, 2.05) is 0 Å². The molecule has 1 atom stereocenters. The van der Waals surface area contributed by atoms with Gasteiger partial charge in [0, 0.05) is 16.0 Å². The lowest BCUT2D eigenvalue weighted by Crippen LogP contribution is -2.21. The fraction of sp³-hybridized carbons (Fsp3) is 0.150. The van der Waals surface area contributed by atoms with Crippen LogP contribution < -0.4 is 0 Å². The average molecular weight is 370 g/mol. The van der Waals surface area contributed by atoms with Crippen molar-refractivity contribution in [2.45, 2.75) is 13.0 Å². The second-order valence-electron chi connectivity index (χ2n) is 5.68. The van der Waals surface area contributed by atoms with Crippen molar-refractivity contribution in [1.29, 1.82) is 0 Å². The van der Waals surface area contributed by atoms with Gasteiger partial charge in [0.05, 0.1) is 23.9 Å². The standard InChI is InChI=1S/C20H16ClNO4/c1-12-16(11-14-10-15(21)8-9-17(14)22-12)19(23)26-18(20(24)25-2)13-6-4-3-5-7-13/h3-11,18H,1-2H3. The van der Waals surface area contributed by atoms with Gasteiger partial charge >= 0.3 is 11.9 Å². The minimum Gasteiger partial charge on any atom is -0.466 e. The highest BCUT2D eigenvalue weighted by molar-refractivity contribution is 6.31. The minimum absolute atomic E-state index is 0.268. The topological polar surface area (TPSA) is 65.5 Å². The summed E-state index contributed by atoms with van der Waals surface area (Å²) in [7, 11) is 1.25. The van der Waals surface area contributed by atoms with Gasteiger partial charge in [-0.05, 0) is 31.2 Å². The molecule has 1 aromatic heterocycles. The molecule has 132 valence electrons. The van der Waals surface area contributed by atoms with E-state index in [0.29, 0.717) is 21.7 Å².